The lowest BCUT2D eigenvalue weighted by Gasteiger charge is -2.69. The van der Waals surface area contributed by atoms with E-state index in [9.17, 15) is 24.9 Å². The summed E-state index contributed by atoms with van der Waals surface area (Å²) in [6, 6.07) is 0. The van der Waals surface area contributed by atoms with Crippen LogP contribution in [-0.2, 0) is 14.3 Å². The number of allylic oxidation sites excluding steroid dienone is 2. The normalized spacial score (nSPS) is 47.3. The van der Waals surface area contributed by atoms with Crippen LogP contribution in [-0.4, -0.2) is 44.0 Å². The van der Waals surface area contributed by atoms with Crippen LogP contribution < -0.4 is 0 Å². The van der Waals surface area contributed by atoms with E-state index in [0.29, 0.717) is 37.7 Å². The van der Waals surface area contributed by atoms with Crippen molar-refractivity contribution in [2.45, 2.75) is 117 Å². The Morgan fingerprint density at radius 1 is 1.11 bits per heavy atom. The Hall–Kier alpha value is -1.18. The number of halogens is 1. The standard InChI is InChI=1S/C31H47BrO6/c1-17(2)9-8-10-20(27(35)36)25-22-15-23(34)26-28(5)13-14-31(32,37)18(3)21(28)11-12-29(26,6)30(22,7)16-24(25)38-19(4)33/h9,18,21-24,26,34,37H,8,10-16H2,1-7H3,(H,35,36)/t18-,21?,22+,23+,24-,26+,28-,29-,30-,31+/m0/s1. The summed E-state index contributed by atoms with van der Waals surface area (Å²) in [5, 5.41) is 33.3. The molecule has 6 nitrogen and oxygen atoms in total. The molecule has 4 fully saturated rings. The number of ether oxygens (including phenoxy) is 1. The minimum Gasteiger partial charge on any atom is -0.478 e. The minimum atomic E-state index is -0.960. The zero-order valence-electron chi connectivity index (χ0n) is 24.1. The van der Waals surface area contributed by atoms with Crippen LogP contribution in [0.5, 0.6) is 0 Å². The molecule has 10 atom stereocenters. The molecule has 4 aliphatic carbocycles. The third-order valence-electron chi connectivity index (χ3n) is 11.7. The van der Waals surface area contributed by atoms with E-state index in [1.807, 2.05) is 19.9 Å². The predicted octanol–water partition coefficient (Wildman–Crippen LogP) is 6.39. The maximum absolute atomic E-state index is 12.6. The number of aliphatic carboxylic acids is 1. The van der Waals surface area contributed by atoms with E-state index in [1.54, 1.807) is 0 Å². The fraction of sp³-hybridized carbons (Fsp3) is 0.806. The summed E-state index contributed by atoms with van der Waals surface area (Å²) in [4.78, 5) is 24.9. The molecule has 3 N–H and O–H groups in total. The fourth-order valence-electron chi connectivity index (χ4n) is 9.74. The second-order valence-corrected chi connectivity index (χ2v) is 15.2. The van der Waals surface area contributed by atoms with Crippen molar-refractivity contribution in [3.05, 3.63) is 22.8 Å². The zero-order valence-corrected chi connectivity index (χ0v) is 25.7. The molecule has 4 saturated carbocycles. The Kier molecular flexibility index (Phi) is 7.86. The van der Waals surface area contributed by atoms with Gasteiger partial charge < -0.3 is 20.1 Å². The molecule has 1 unspecified atom stereocenters. The smallest absolute Gasteiger partial charge is 0.331 e. The Labute approximate surface area is 236 Å². The Morgan fingerprint density at radius 3 is 2.34 bits per heavy atom. The number of rotatable bonds is 5. The van der Waals surface area contributed by atoms with E-state index in [-0.39, 0.29) is 39.9 Å². The van der Waals surface area contributed by atoms with Crippen LogP contribution in [0.25, 0.3) is 0 Å². The highest BCUT2D eigenvalue weighted by atomic mass is 79.9. The molecular weight excluding hydrogens is 548 g/mol. The van der Waals surface area contributed by atoms with Gasteiger partial charge in [-0.25, -0.2) is 4.79 Å². The number of carbonyl (C=O) groups excluding carboxylic acids is 1. The van der Waals surface area contributed by atoms with Crippen molar-refractivity contribution in [2.75, 3.05) is 0 Å². The molecule has 0 radical (unpaired) electrons. The van der Waals surface area contributed by atoms with Crippen LogP contribution in [0.3, 0.4) is 0 Å². The molecule has 4 rings (SSSR count). The van der Waals surface area contributed by atoms with E-state index < -0.39 is 28.7 Å². The van der Waals surface area contributed by atoms with E-state index >= 15 is 0 Å². The van der Waals surface area contributed by atoms with Gasteiger partial charge in [0.15, 0.2) is 0 Å². The second-order valence-electron chi connectivity index (χ2n) is 13.8. The fourth-order valence-corrected chi connectivity index (χ4v) is 10.3. The third kappa shape index (κ3) is 4.52. The van der Waals surface area contributed by atoms with Gasteiger partial charge in [-0.05, 0) is 111 Å². The topological polar surface area (TPSA) is 104 Å². The number of fused-ring (bicyclic) bond motifs is 5. The maximum atomic E-state index is 12.6. The van der Waals surface area contributed by atoms with Gasteiger partial charge in [0.2, 0.25) is 0 Å². The SMILES string of the molecule is CC(=O)O[C@H]1C[C@@]2(C)[C@H](C[C@@H](O)[C@@H]3[C@@]4(C)CC[C@](O)(Br)[C@@H](C)C4CC[C@@]32C)C1=C(CCC=C(C)C)C(=O)O. The van der Waals surface area contributed by atoms with Gasteiger partial charge in [0.05, 0.1) is 6.10 Å². The van der Waals surface area contributed by atoms with E-state index in [1.165, 1.54) is 6.92 Å². The van der Waals surface area contributed by atoms with Gasteiger partial charge in [-0.2, -0.15) is 0 Å². The molecule has 0 amide bonds. The van der Waals surface area contributed by atoms with Crippen LogP contribution in [0, 0.1) is 39.9 Å². The molecule has 0 heterocycles. The van der Waals surface area contributed by atoms with Crippen molar-refractivity contribution in [3.8, 4) is 0 Å². The summed E-state index contributed by atoms with van der Waals surface area (Å²) < 4.78 is 4.99. The van der Waals surface area contributed by atoms with Crippen LogP contribution in [0.1, 0.15) is 99.8 Å². The number of hydrogen-bond acceptors (Lipinski definition) is 5. The van der Waals surface area contributed by atoms with Crippen LogP contribution in [0.4, 0.5) is 0 Å². The summed E-state index contributed by atoms with van der Waals surface area (Å²) in [6.45, 7) is 14.4. The molecule has 7 heteroatoms. The molecule has 0 bridgehead atoms. The number of aliphatic hydroxyl groups is 2. The van der Waals surface area contributed by atoms with Gasteiger partial charge in [0.25, 0.3) is 0 Å². The average Bonchev–Trinajstić information content (AvgIpc) is 3.05. The molecule has 0 saturated heterocycles. The third-order valence-corrected chi connectivity index (χ3v) is 12.8. The Morgan fingerprint density at radius 2 is 1.76 bits per heavy atom. The Bertz CT molecular complexity index is 1040. The van der Waals surface area contributed by atoms with Gasteiger partial charge in [0.1, 0.15) is 10.6 Å². The summed E-state index contributed by atoms with van der Waals surface area (Å²) in [6.07, 6.45) is 6.16. The number of aliphatic hydroxyl groups excluding tert-OH is 1. The van der Waals surface area contributed by atoms with Gasteiger partial charge >= 0.3 is 11.9 Å². The van der Waals surface area contributed by atoms with E-state index in [2.05, 4.69) is 43.6 Å². The molecule has 0 spiro atoms. The molecule has 0 aromatic rings. The molecule has 0 aromatic heterocycles. The minimum absolute atomic E-state index is 0.0114. The van der Waals surface area contributed by atoms with Crippen molar-refractivity contribution in [1.29, 1.82) is 0 Å². The first-order chi connectivity index (χ1) is 17.5. The summed E-state index contributed by atoms with van der Waals surface area (Å²) >= 11 is 3.59. The zero-order chi connectivity index (χ0) is 28.4. The first-order valence-electron chi connectivity index (χ1n) is 14.4. The lowest BCUT2D eigenvalue weighted by molar-refractivity contribution is -0.236. The highest BCUT2D eigenvalue weighted by molar-refractivity contribution is 9.10. The summed E-state index contributed by atoms with van der Waals surface area (Å²) in [5.74, 6) is -1.19. The monoisotopic (exact) mass is 594 g/mol. The molecule has 214 valence electrons. The van der Waals surface area contributed by atoms with E-state index in [0.717, 1.165) is 30.4 Å². The van der Waals surface area contributed by atoms with Crippen molar-refractivity contribution in [1.82, 2.24) is 0 Å². The predicted molar refractivity (Wildman–Crippen MR) is 150 cm³/mol. The number of carboxylic acids is 1. The molecular formula is C31H47BrO6. The number of esters is 1. The number of carboxylic acid groups (broad SMARTS) is 1. The average molecular weight is 596 g/mol. The van der Waals surface area contributed by atoms with Gasteiger partial charge in [-0.3, -0.25) is 4.79 Å². The van der Waals surface area contributed by atoms with Gasteiger partial charge in [-0.15, -0.1) is 0 Å². The molecule has 4 aliphatic rings. The summed E-state index contributed by atoms with van der Waals surface area (Å²) in [7, 11) is 0. The highest BCUT2D eigenvalue weighted by Crippen LogP contribution is 2.75. The van der Waals surface area contributed by atoms with Gasteiger partial charge in [0, 0.05) is 12.5 Å². The van der Waals surface area contributed by atoms with Crippen molar-refractivity contribution in [3.63, 3.8) is 0 Å². The lowest BCUT2D eigenvalue weighted by atomic mass is 9.36. The summed E-state index contributed by atoms with van der Waals surface area (Å²) in [5.41, 5.74) is 1.44. The maximum Gasteiger partial charge on any atom is 0.331 e. The van der Waals surface area contributed by atoms with E-state index in [4.69, 9.17) is 4.74 Å². The molecule has 0 aromatic carbocycles. The van der Waals surface area contributed by atoms with Crippen LogP contribution in [0.15, 0.2) is 22.8 Å². The van der Waals surface area contributed by atoms with Gasteiger partial charge in [-0.1, -0.05) is 55.3 Å². The highest BCUT2D eigenvalue weighted by Gasteiger charge is 2.71. The number of alkyl halides is 1. The van der Waals surface area contributed by atoms with Crippen molar-refractivity contribution in [2.24, 2.45) is 39.9 Å². The number of carbonyl (C=O) groups is 2. The first kappa shape index (κ1) is 29.8. The van der Waals surface area contributed by atoms with Crippen LogP contribution in [0.2, 0.25) is 0 Å². The first-order valence-corrected chi connectivity index (χ1v) is 15.1. The second kappa shape index (κ2) is 10.0. The van der Waals surface area contributed by atoms with Crippen molar-refractivity contribution < 1.29 is 29.6 Å². The molecule has 38 heavy (non-hydrogen) atoms. The Balaban J connectivity index is 1.82. The molecule has 0 aliphatic heterocycles. The quantitative estimate of drug-likeness (QED) is 0.147. The van der Waals surface area contributed by atoms with Crippen LogP contribution >= 0.6 is 15.9 Å². The number of hydrogen-bond donors (Lipinski definition) is 3. The largest absolute Gasteiger partial charge is 0.478 e. The lowest BCUT2D eigenvalue weighted by Crippen LogP contribution is -2.66. The van der Waals surface area contributed by atoms with Crippen molar-refractivity contribution >= 4 is 27.9 Å².